The van der Waals surface area contributed by atoms with Crippen molar-refractivity contribution in [3.63, 3.8) is 0 Å². The molecule has 0 spiro atoms. The molecule has 0 bridgehead atoms. The zero-order chi connectivity index (χ0) is 7.11. The second-order valence-corrected chi connectivity index (χ2v) is 2.20. The van der Waals surface area contributed by atoms with E-state index in [0.29, 0.717) is 6.42 Å². The lowest BCUT2D eigenvalue weighted by atomic mass is 10.3. The summed E-state index contributed by atoms with van der Waals surface area (Å²) >= 11 is 0. The summed E-state index contributed by atoms with van der Waals surface area (Å²) in [5.74, 6) is 0. The Morgan fingerprint density at radius 3 is 2.67 bits per heavy atom. The molecule has 0 aliphatic carbocycles. The van der Waals surface area contributed by atoms with Crippen LogP contribution in [0, 0.1) is 0 Å². The Morgan fingerprint density at radius 2 is 2.22 bits per heavy atom. The Bertz CT molecular complexity index is 73.3. The van der Waals surface area contributed by atoms with E-state index in [1.165, 1.54) is 0 Å². The van der Waals surface area contributed by atoms with Crippen molar-refractivity contribution in [2.45, 2.75) is 19.8 Å². The van der Waals surface area contributed by atoms with E-state index in [1.807, 2.05) is 0 Å². The van der Waals surface area contributed by atoms with Gasteiger partial charge in [-0.15, -0.1) is 0 Å². The Balaban J connectivity index is 2.96. The molecule has 0 rings (SSSR count). The van der Waals surface area contributed by atoms with E-state index in [2.05, 4.69) is 18.9 Å². The van der Waals surface area contributed by atoms with Gasteiger partial charge in [-0.3, -0.25) is 0 Å². The summed E-state index contributed by atoms with van der Waals surface area (Å²) in [6.07, 6.45) is 2.67. The molecule has 0 aromatic heterocycles. The number of carbonyl (C=O) groups is 1. The second-order valence-electron chi connectivity index (χ2n) is 2.20. The third-order valence-electron chi connectivity index (χ3n) is 1.40. The highest BCUT2D eigenvalue weighted by Gasteiger charge is 1.91. The predicted molar refractivity (Wildman–Crippen MR) is 38.5 cm³/mol. The van der Waals surface area contributed by atoms with Crippen LogP contribution in [0.1, 0.15) is 19.8 Å². The topological polar surface area (TPSA) is 20.3 Å². The van der Waals surface area contributed by atoms with Gasteiger partial charge in [0.25, 0.3) is 0 Å². The number of unbranched alkanes of at least 4 members (excludes halogenated alkanes) is 1. The second kappa shape index (κ2) is 5.76. The first-order chi connectivity index (χ1) is 4.31. The normalized spacial score (nSPS) is 10.1. The first-order valence-corrected chi connectivity index (χ1v) is 3.43. The molecule has 0 aromatic carbocycles. The van der Waals surface area contributed by atoms with Gasteiger partial charge in [-0.05, 0) is 26.6 Å². The Labute approximate surface area is 56.9 Å². The Morgan fingerprint density at radius 1 is 1.56 bits per heavy atom. The lowest BCUT2D eigenvalue weighted by Crippen LogP contribution is -2.18. The van der Waals surface area contributed by atoms with Gasteiger partial charge in [0, 0.05) is 6.42 Å². The van der Waals surface area contributed by atoms with Crippen molar-refractivity contribution in [1.82, 2.24) is 4.90 Å². The largest absolute Gasteiger partial charge is 0.307 e. The van der Waals surface area contributed by atoms with Gasteiger partial charge in [-0.2, -0.15) is 0 Å². The van der Waals surface area contributed by atoms with Crippen LogP contribution in [0.3, 0.4) is 0 Å². The van der Waals surface area contributed by atoms with Gasteiger partial charge in [0.1, 0.15) is 6.29 Å². The van der Waals surface area contributed by atoms with Crippen LogP contribution in [0.15, 0.2) is 0 Å². The molecular weight excluding hydrogens is 114 g/mol. The van der Waals surface area contributed by atoms with E-state index < -0.39 is 0 Å². The van der Waals surface area contributed by atoms with Crippen LogP contribution < -0.4 is 0 Å². The number of hydrogen-bond donors (Lipinski definition) is 0. The van der Waals surface area contributed by atoms with E-state index in [1.54, 1.807) is 0 Å². The van der Waals surface area contributed by atoms with Crippen molar-refractivity contribution >= 4 is 6.29 Å². The summed E-state index contributed by atoms with van der Waals surface area (Å²) in [4.78, 5) is 12.1. The third kappa shape index (κ3) is 5.50. The zero-order valence-electron chi connectivity index (χ0n) is 6.26. The highest BCUT2D eigenvalue weighted by atomic mass is 16.1. The van der Waals surface area contributed by atoms with Crippen LogP contribution in [0.2, 0.25) is 0 Å². The van der Waals surface area contributed by atoms with Crippen molar-refractivity contribution in [3.8, 4) is 0 Å². The summed E-state index contributed by atoms with van der Waals surface area (Å²) in [6.45, 7) is 4.22. The fourth-order valence-corrected chi connectivity index (χ4v) is 0.603. The molecule has 0 saturated heterocycles. The summed E-state index contributed by atoms with van der Waals surface area (Å²) in [6, 6.07) is 0. The molecule has 0 saturated carbocycles. The van der Waals surface area contributed by atoms with Gasteiger partial charge in [0.2, 0.25) is 0 Å². The zero-order valence-corrected chi connectivity index (χ0v) is 6.26. The number of carbonyl (C=O) groups excluding carboxylic acids is 1. The van der Waals surface area contributed by atoms with Gasteiger partial charge in [-0.25, -0.2) is 0 Å². The van der Waals surface area contributed by atoms with Crippen molar-refractivity contribution in [2.75, 3.05) is 20.1 Å². The van der Waals surface area contributed by atoms with E-state index in [9.17, 15) is 4.79 Å². The molecular formula is C7H15NO. The van der Waals surface area contributed by atoms with Gasteiger partial charge in [0.15, 0.2) is 0 Å². The molecule has 0 atom stereocenters. The van der Waals surface area contributed by atoms with Gasteiger partial charge >= 0.3 is 0 Å². The summed E-state index contributed by atoms with van der Waals surface area (Å²) < 4.78 is 0. The van der Waals surface area contributed by atoms with Crippen molar-refractivity contribution in [3.05, 3.63) is 0 Å². The van der Waals surface area contributed by atoms with Crippen molar-refractivity contribution in [2.24, 2.45) is 0 Å². The molecule has 0 N–H and O–H groups in total. The smallest absolute Gasteiger partial charge is 0.120 e. The molecule has 2 heteroatoms. The van der Waals surface area contributed by atoms with Gasteiger partial charge < -0.3 is 9.69 Å². The minimum absolute atomic E-state index is 0.699. The molecule has 0 fully saturated rings. The predicted octanol–water partition coefficient (Wildman–Crippen LogP) is 0.917. The van der Waals surface area contributed by atoms with Gasteiger partial charge in [-0.1, -0.05) is 6.92 Å². The van der Waals surface area contributed by atoms with Crippen LogP contribution >= 0.6 is 0 Å². The number of aldehydes is 1. The van der Waals surface area contributed by atoms with Crippen LogP contribution in [-0.2, 0) is 4.79 Å². The maximum absolute atomic E-state index is 9.86. The Kier molecular flexibility index (Phi) is 5.52. The average molecular weight is 129 g/mol. The molecule has 0 unspecified atom stereocenters. The lowest BCUT2D eigenvalue weighted by molar-refractivity contribution is -0.107. The average Bonchev–Trinajstić information content (AvgIpc) is 1.89. The highest BCUT2D eigenvalue weighted by Crippen LogP contribution is 1.88. The third-order valence-corrected chi connectivity index (χ3v) is 1.40. The van der Waals surface area contributed by atoms with Crippen LogP contribution in [0.4, 0.5) is 0 Å². The SMILES string of the molecule is CCN(C)CCCC=O. The number of hydrogen-bond acceptors (Lipinski definition) is 2. The maximum Gasteiger partial charge on any atom is 0.120 e. The van der Waals surface area contributed by atoms with E-state index >= 15 is 0 Å². The fraction of sp³-hybridized carbons (Fsp3) is 0.857. The fourth-order valence-electron chi connectivity index (χ4n) is 0.603. The molecule has 54 valence electrons. The minimum Gasteiger partial charge on any atom is -0.307 e. The first-order valence-electron chi connectivity index (χ1n) is 3.43. The first kappa shape index (κ1) is 8.63. The molecule has 2 nitrogen and oxygen atoms in total. The van der Waals surface area contributed by atoms with Crippen LogP contribution in [0.25, 0.3) is 0 Å². The maximum atomic E-state index is 9.86. The van der Waals surface area contributed by atoms with Crippen molar-refractivity contribution in [1.29, 1.82) is 0 Å². The molecule has 0 heterocycles. The standard InChI is InChI=1S/C7H15NO/c1-3-8(2)6-4-5-7-9/h7H,3-6H2,1-2H3. The molecule has 0 aliphatic rings. The minimum atomic E-state index is 0.699. The number of rotatable bonds is 5. The van der Waals surface area contributed by atoms with Crippen LogP contribution in [0.5, 0.6) is 0 Å². The number of nitrogens with zero attached hydrogens (tertiary/aromatic N) is 1. The summed E-state index contributed by atoms with van der Waals surface area (Å²) in [5.41, 5.74) is 0. The summed E-state index contributed by atoms with van der Waals surface area (Å²) in [5, 5.41) is 0. The Hall–Kier alpha value is -0.370. The molecule has 0 aromatic rings. The molecule has 9 heavy (non-hydrogen) atoms. The van der Waals surface area contributed by atoms with Crippen LogP contribution in [-0.4, -0.2) is 31.3 Å². The van der Waals surface area contributed by atoms with Gasteiger partial charge in [0.05, 0.1) is 0 Å². The molecule has 0 aliphatic heterocycles. The monoisotopic (exact) mass is 129 g/mol. The molecule has 0 amide bonds. The highest BCUT2D eigenvalue weighted by molar-refractivity contribution is 5.48. The summed E-state index contributed by atoms with van der Waals surface area (Å²) in [7, 11) is 2.06. The van der Waals surface area contributed by atoms with E-state index in [4.69, 9.17) is 0 Å². The van der Waals surface area contributed by atoms with Crippen molar-refractivity contribution < 1.29 is 4.79 Å². The molecule has 0 radical (unpaired) electrons. The van der Waals surface area contributed by atoms with E-state index in [0.717, 1.165) is 25.8 Å². The lowest BCUT2D eigenvalue weighted by Gasteiger charge is -2.11. The van der Waals surface area contributed by atoms with E-state index in [-0.39, 0.29) is 0 Å². The quantitative estimate of drug-likeness (QED) is 0.406.